The van der Waals surface area contributed by atoms with Crippen LogP contribution in [0.3, 0.4) is 0 Å². The molecule has 0 aromatic heterocycles. The van der Waals surface area contributed by atoms with Gasteiger partial charge in [-0.3, -0.25) is 0 Å². The molecule has 2 aliphatic rings. The summed E-state index contributed by atoms with van der Waals surface area (Å²) in [5.74, 6) is 1.51. The van der Waals surface area contributed by atoms with Gasteiger partial charge in [0.15, 0.2) is 0 Å². The van der Waals surface area contributed by atoms with Crippen LogP contribution in [0.5, 0.6) is 0 Å². The summed E-state index contributed by atoms with van der Waals surface area (Å²) in [6.07, 6.45) is 5.11. The van der Waals surface area contributed by atoms with Crippen molar-refractivity contribution in [2.75, 3.05) is 26.3 Å². The molecule has 0 amide bonds. The van der Waals surface area contributed by atoms with Gasteiger partial charge < -0.3 is 10.1 Å². The summed E-state index contributed by atoms with van der Waals surface area (Å²) in [5, 5.41) is 3.45. The van der Waals surface area contributed by atoms with Gasteiger partial charge in [0, 0.05) is 12.5 Å². The van der Waals surface area contributed by atoms with E-state index in [0.29, 0.717) is 5.92 Å². The van der Waals surface area contributed by atoms with Crippen molar-refractivity contribution < 1.29 is 4.74 Å². The fourth-order valence-corrected chi connectivity index (χ4v) is 3.29. The molecule has 2 aliphatic heterocycles. The molecule has 1 aromatic rings. The standard InChI is InChI=1S/C16H23NO/c1-2-4-16(15-7-10-18-12-15)14(3-1)11-13-5-8-17-9-6-13/h1-4,13,15,17H,5-12H2. The molecule has 0 radical (unpaired) electrons. The number of hydrogen-bond donors (Lipinski definition) is 1. The minimum Gasteiger partial charge on any atom is -0.381 e. The molecule has 0 aliphatic carbocycles. The number of rotatable bonds is 3. The average Bonchev–Trinajstić information content (AvgIpc) is 2.94. The molecule has 1 aromatic carbocycles. The Hall–Kier alpha value is -0.860. The van der Waals surface area contributed by atoms with Gasteiger partial charge in [0.2, 0.25) is 0 Å². The highest BCUT2D eigenvalue weighted by Gasteiger charge is 2.22. The maximum atomic E-state index is 5.55. The molecule has 1 unspecified atom stereocenters. The highest BCUT2D eigenvalue weighted by Crippen LogP contribution is 2.30. The Balaban J connectivity index is 1.73. The van der Waals surface area contributed by atoms with Crippen LogP contribution < -0.4 is 5.32 Å². The van der Waals surface area contributed by atoms with E-state index in [9.17, 15) is 0 Å². The van der Waals surface area contributed by atoms with E-state index < -0.39 is 0 Å². The van der Waals surface area contributed by atoms with Crippen molar-refractivity contribution >= 4 is 0 Å². The van der Waals surface area contributed by atoms with Crippen molar-refractivity contribution in [3.05, 3.63) is 35.4 Å². The fraction of sp³-hybridized carbons (Fsp3) is 0.625. The molecule has 0 saturated carbocycles. The molecule has 2 heterocycles. The molecular weight excluding hydrogens is 222 g/mol. The predicted molar refractivity (Wildman–Crippen MR) is 73.9 cm³/mol. The van der Waals surface area contributed by atoms with E-state index in [4.69, 9.17) is 4.74 Å². The van der Waals surface area contributed by atoms with E-state index in [1.165, 1.54) is 38.8 Å². The van der Waals surface area contributed by atoms with Crippen molar-refractivity contribution in [3.63, 3.8) is 0 Å². The molecule has 98 valence electrons. The van der Waals surface area contributed by atoms with Crippen molar-refractivity contribution in [1.82, 2.24) is 5.32 Å². The summed E-state index contributed by atoms with van der Waals surface area (Å²) in [6.45, 7) is 4.24. The van der Waals surface area contributed by atoms with Crippen LogP contribution in [-0.2, 0) is 11.2 Å². The zero-order valence-corrected chi connectivity index (χ0v) is 11.0. The van der Waals surface area contributed by atoms with E-state index in [2.05, 4.69) is 29.6 Å². The Morgan fingerprint density at radius 1 is 1.11 bits per heavy atom. The van der Waals surface area contributed by atoms with Gasteiger partial charge in [0.1, 0.15) is 0 Å². The monoisotopic (exact) mass is 245 g/mol. The van der Waals surface area contributed by atoms with E-state index in [0.717, 1.165) is 19.1 Å². The second-order valence-corrected chi connectivity index (χ2v) is 5.66. The summed E-state index contributed by atoms with van der Waals surface area (Å²) < 4.78 is 5.55. The van der Waals surface area contributed by atoms with Crippen LogP contribution in [0.4, 0.5) is 0 Å². The Morgan fingerprint density at radius 3 is 2.72 bits per heavy atom. The molecule has 0 bridgehead atoms. The second kappa shape index (κ2) is 5.85. The second-order valence-electron chi connectivity index (χ2n) is 5.66. The molecule has 1 atom stereocenters. The maximum Gasteiger partial charge on any atom is 0.0535 e. The largest absolute Gasteiger partial charge is 0.381 e. The summed E-state index contributed by atoms with van der Waals surface area (Å²) in [7, 11) is 0. The summed E-state index contributed by atoms with van der Waals surface area (Å²) in [6, 6.07) is 9.01. The average molecular weight is 245 g/mol. The topological polar surface area (TPSA) is 21.3 Å². The van der Waals surface area contributed by atoms with Gasteiger partial charge >= 0.3 is 0 Å². The lowest BCUT2D eigenvalue weighted by Crippen LogP contribution is -2.28. The lowest BCUT2D eigenvalue weighted by atomic mass is 9.85. The van der Waals surface area contributed by atoms with Crippen LogP contribution in [0.25, 0.3) is 0 Å². The fourth-order valence-electron chi connectivity index (χ4n) is 3.29. The smallest absolute Gasteiger partial charge is 0.0535 e. The molecule has 18 heavy (non-hydrogen) atoms. The summed E-state index contributed by atoms with van der Waals surface area (Å²) in [5.41, 5.74) is 3.12. The molecule has 2 nitrogen and oxygen atoms in total. The van der Waals surface area contributed by atoms with Gasteiger partial charge in [-0.25, -0.2) is 0 Å². The first kappa shape index (κ1) is 12.2. The molecule has 2 heteroatoms. The molecule has 2 fully saturated rings. The van der Waals surface area contributed by atoms with Crippen LogP contribution in [-0.4, -0.2) is 26.3 Å². The normalized spacial score (nSPS) is 25.4. The minimum atomic E-state index is 0.642. The van der Waals surface area contributed by atoms with Crippen LogP contribution in [0.15, 0.2) is 24.3 Å². The maximum absolute atomic E-state index is 5.55. The van der Waals surface area contributed by atoms with Gasteiger partial charge in [-0.15, -0.1) is 0 Å². The first-order valence-electron chi connectivity index (χ1n) is 7.30. The third kappa shape index (κ3) is 2.76. The minimum absolute atomic E-state index is 0.642. The molecule has 1 N–H and O–H groups in total. The van der Waals surface area contributed by atoms with Crippen LogP contribution in [0.2, 0.25) is 0 Å². The number of ether oxygens (including phenoxy) is 1. The first-order chi connectivity index (χ1) is 8.93. The van der Waals surface area contributed by atoms with Crippen molar-refractivity contribution in [1.29, 1.82) is 0 Å². The Bertz CT molecular complexity index is 378. The lowest BCUT2D eigenvalue weighted by molar-refractivity contribution is 0.193. The van der Waals surface area contributed by atoms with E-state index in [1.54, 1.807) is 11.1 Å². The number of piperidine rings is 1. The SMILES string of the molecule is c1ccc(C2CCOC2)c(CC2CCNCC2)c1. The number of hydrogen-bond acceptors (Lipinski definition) is 2. The summed E-state index contributed by atoms with van der Waals surface area (Å²) in [4.78, 5) is 0. The lowest BCUT2D eigenvalue weighted by Gasteiger charge is -2.24. The van der Waals surface area contributed by atoms with E-state index in [1.807, 2.05) is 0 Å². The van der Waals surface area contributed by atoms with Crippen LogP contribution >= 0.6 is 0 Å². The van der Waals surface area contributed by atoms with Gasteiger partial charge in [0.25, 0.3) is 0 Å². The van der Waals surface area contributed by atoms with Crippen molar-refractivity contribution in [3.8, 4) is 0 Å². The number of nitrogens with one attached hydrogen (secondary N) is 1. The molecule has 3 rings (SSSR count). The van der Waals surface area contributed by atoms with Gasteiger partial charge in [-0.1, -0.05) is 24.3 Å². The van der Waals surface area contributed by atoms with Crippen molar-refractivity contribution in [2.24, 2.45) is 5.92 Å². The quantitative estimate of drug-likeness (QED) is 0.884. The Kier molecular flexibility index (Phi) is 3.96. The summed E-state index contributed by atoms with van der Waals surface area (Å²) >= 11 is 0. The zero-order chi connectivity index (χ0) is 12.2. The molecule has 2 saturated heterocycles. The van der Waals surface area contributed by atoms with Gasteiger partial charge in [0.05, 0.1) is 6.61 Å². The predicted octanol–water partition coefficient (Wildman–Crippen LogP) is 2.73. The van der Waals surface area contributed by atoms with Gasteiger partial charge in [-0.05, 0) is 55.8 Å². The third-order valence-corrected chi connectivity index (χ3v) is 4.39. The highest BCUT2D eigenvalue weighted by atomic mass is 16.5. The Morgan fingerprint density at radius 2 is 1.94 bits per heavy atom. The van der Waals surface area contributed by atoms with E-state index in [-0.39, 0.29) is 0 Å². The van der Waals surface area contributed by atoms with Gasteiger partial charge in [-0.2, -0.15) is 0 Å². The molecule has 0 spiro atoms. The van der Waals surface area contributed by atoms with Crippen LogP contribution in [0, 0.1) is 5.92 Å². The van der Waals surface area contributed by atoms with Crippen LogP contribution in [0.1, 0.15) is 36.3 Å². The zero-order valence-electron chi connectivity index (χ0n) is 11.0. The number of benzene rings is 1. The Labute approximate surface area is 110 Å². The third-order valence-electron chi connectivity index (χ3n) is 4.39. The molecular formula is C16H23NO. The van der Waals surface area contributed by atoms with Crippen molar-refractivity contribution in [2.45, 2.75) is 31.6 Å². The highest BCUT2D eigenvalue weighted by molar-refractivity contribution is 5.31. The first-order valence-corrected chi connectivity index (χ1v) is 7.30. The van der Waals surface area contributed by atoms with E-state index >= 15 is 0 Å².